The lowest BCUT2D eigenvalue weighted by atomic mass is 10.3. The van der Waals surface area contributed by atoms with Crippen LogP contribution in [0.5, 0.6) is 0 Å². The highest BCUT2D eigenvalue weighted by molar-refractivity contribution is 7.89. The first-order valence-corrected chi connectivity index (χ1v) is 7.93. The van der Waals surface area contributed by atoms with Crippen molar-refractivity contribution < 1.29 is 8.42 Å². The minimum Gasteiger partial charge on any atom is -0.332 e. The number of aromatic nitrogens is 2. The predicted octanol–water partition coefficient (Wildman–Crippen LogP) is 1.85. The van der Waals surface area contributed by atoms with Crippen LogP contribution in [0.3, 0.4) is 0 Å². The maximum atomic E-state index is 12.2. The summed E-state index contributed by atoms with van der Waals surface area (Å²) < 4.78 is 25.8. The van der Waals surface area contributed by atoms with Crippen LogP contribution in [0.25, 0.3) is 0 Å². The summed E-state index contributed by atoms with van der Waals surface area (Å²) in [6.07, 6.45) is 2.06. The fraction of sp³-hybridized carbons (Fsp3) is 0.364. The van der Waals surface area contributed by atoms with E-state index < -0.39 is 10.0 Å². The van der Waals surface area contributed by atoms with E-state index in [1.54, 1.807) is 18.4 Å². The van der Waals surface area contributed by atoms with E-state index in [9.17, 15) is 8.42 Å². The van der Waals surface area contributed by atoms with E-state index in [1.807, 2.05) is 23.8 Å². The summed E-state index contributed by atoms with van der Waals surface area (Å²) in [4.78, 5) is 6.85. The molecule has 5 nitrogen and oxygen atoms in total. The van der Waals surface area contributed by atoms with Gasteiger partial charge in [0.15, 0.2) is 5.03 Å². The van der Waals surface area contributed by atoms with Gasteiger partial charge in [0.25, 0.3) is 10.0 Å². The Labute approximate surface area is 111 Å². The van der Waals surface area contributed by atoms with Crippen molar-refractivity contribution in [3.63, 3.8) is 0 Å². The summed E-state index contributed by atoms with van der Waals surface area (Å²) in [6.45, 7) is 2.29. The van der Waals surface area contributed by atoms with Crippen molar-refractivity contribution in [2.75, 3.05) is 7.05 Å². The smallest absolute Gasteiger partial charge is 0.260 e. The zero-order chi connectivity index (χ0) is 13.2. The van der Waals surface area contributed by atoms with Gasteiger partial charge in [-0.05, 0) is 22.4 Å². The highest BCUT2D eigenvalue weighted by Gasteiger charge is 2.23. The lowest BCUT2D eigenvalue weighted by Crippen LogP contribution is -2.26. The molecule has 0 aliphatic carbocycles. The van der Waals surface area contributed by atoms with Crippen LogP contribution >= 0.6 is 11.3 Å². The van der Waals surface area contributed by atoms with Gasteiger partial charge in [-0.25, -0.2) is 13.4 Å². The number of aryl methyl sites for hydroxylation is 1. The lowest BCUT2D eigenvalue weighted by Gasteiger charge is -2.14. The monoisotopic (exact) mass is 285 g/mol. The number of imidazole rings is 1. The molecule has 0 radical (unpaired) electrons. The van der Waals surface area contributed by atoms with Gasteiger partial charge in [0.1, 0.15) is 5.82 Å². The lowest BCUT2D eigenvalue weighted by molar-refractivity contribution is 0.464. The molecular weight excluding hydrogens is 270 g/mol. The van der Waals surface area contributed by atoms with Crippen LogP contribution in [0.4, 0.5) is 0 Å². The molecule has 0 saturated heterocycles. The highest BCUT2D eigenvalue weighted by atomic mass is 32.2. The second-order valence-corrected chi connectivity index (χ2v) is 6.73. The van der Waals surface area contributed by atoms with E-state index in [1.165, 1.54) is 10.5 Å². The molecule has 0 saturated carbocycles. The number of H-pyrrole nitrogens is 1. The molecule has 2 heterocycles. The molecular formula is C11H15N3O2S2. The Bertz CT molecular complexity index is 602. The molecule has 0 amide bonds. The zero-order valence-electron chi connectivity index (χ0n) is 10.3. The summed E-state index contributed by atoms with van der Waals surface area (Å²) in [6, 6.07) is 1.92. The third-order valence-corrected chi connectivity index (χ3v) is 5.06. The predicted molar refractivity (Wildman–Crippen MR) is 70.9 cm³/mol. The summed E-state index contributed by atoms with van der Waals surface area (Å²) in [7, 11) is -1.92. The van der Waals surface area contributed by atoms with Gasteiger partial charge in [0, 0.05) is 20.0 Å². The summed E-state index contributed by atoms with van der Waals surface area (Å²) in [5.74, 6) is 0.678. The average molecular weight is 285 g/mol. The summed E-state index contributed by atoms with van der Waals surface area (Å²) in [5.41, 5.74) is 0.987. The quantitative estimate of drug-likeness (QED) is 0.911. The first-order chi connectivity index (χ1) is 8.54. The van der Waals surface area contributed by atoms with Crippen molar-refractivity contribution in [3.8, 4) is 0 Å². The van der Waals surface area contributed by atoms with Crippen LogP contribution in [-0.4, -0.2) is 29.7 Å². The number of hydrogen-bond donors (Lipinski definition) is 1. The molecule has 0 bridgehead atoms. The Morgan fingerprint density at radius 3 is 2.83 bits per heavy atom. The van der Waals surface area contributed by atoms with Gasteiger partial charge < -0.3 is 4.98 Å². The Balaban J connectivity index is 2.19. The standard InChI is InChI=1S/C11H15N3O2S2/c1-3-10-12-6-11(13-10)18(15,16)14(2)7-9-4-5-17-8-9/h4-6,8H,3,7H2,1-2H3,(H,12,13). The van der Waals surface area contributed by atoms with Crippen LogP contribution in [0.1, 0.15) is 18.3 Å². The maximum Gasteiger partial charge on any atom is 0.260 e. The third kappa shape index (κ3) is 2.63. The zero-order valence-corrected chi connectivity index (χ0v) is 11.9. The molecule has 2 aromatic rings. The number of nitrogens with one attached hydrogen (secondary N) is 1. The van der Waals surface area contributed by atoms with E-state index in [0.29, 0.717) is 18.8 Å². The topological polar surface area (TPSA) is 66.1 Å². The fourth-order valence-corrected chi connectivity index (χ4v) is 3.29. The van der Waals surface area contributed by atoms with Crippen molar-refractivity contribution in [2.24, 2.45) is 0 Å². The first-order valence-electron chi connectivity index (χ1n) is 5.55. The fourth-order valence-electron chi connectivity index (χ4n) is 1.55. The van der Waals surface area contributed by atoms with Crippen LogP contribution in [0, 0.1) is 0 Å². The van der Waals surface area contributed by atoms with Crippen molar-refractivity contribution in [2.45, 2.75) is 24.9 Å². The van der Waals surface area contributed by atoms with Gasteiger partial charge in [-0.1, -0.05) is 6.92 Å². The molecule has 0 unspecified atom stereocenters. The largest absolute Gasteiger partial charge is 0.332 e. The Kier molecular flexibility index (Phi) is 3.84. The SMILES string of the molecule is CCc1ncc(S(=O)(=O)N(C)Cc2ccsc2)[nH]1. The number of nitrogens with zero attached hydrogens (tertiary/aromatic N) is 2. The van der Waals surface area contributed by atoms with E-state index >= 15 is 0 Å². The molecule has 0 aliphatic rings. The van der Waals surface area contributed by atoms with E-state index in [4.69, 9.17) is 0 Å². The average Bonchev–Trinajstić information content (AvgIpc) is 2.99. The Hall–Kier alpha value is -1.18. The second kappa shape index (κ2) is 5.21. The van der Waals surface area contributed by atoms with Gasteiger partial charge in [-0.2, -0.15) is 15.6 Å². The van der Waals surface area contributed by atoms with Crippen LogP contribution in [-0.2, 0) is 23.0 Å². The third-order valence-electron chi connectivity index (χ3n) is 2.61. The number of sulfonamides is 1. The molecule has 2 aromatic heterocycles. The van der Waals surface area contributed by atoms with Gasteiger partial charge in [0.2, 0.25) is 0 Å². The van der Waals surface area contributed by atoms with Crippen LogP contribution < -0.4 is 0 Å². The highest BCUT2D eigenvalue weighted by Crippen LogP contribution is 2.16. The normalized spacial score (nSPS) is 12.2. The number of rotatable bonds is 5. The molecule has 2 rings (SSSR count). The molecule has 98 valence electrons. The molecule has 0 spiro atoms. The number of thiophene rings is 1. The summed E-state index contributed by atoms with van der Waals surface area (Å²) in [5, 5.41) is 4.02. The van der Waals surface area contributed by atoms with Gasteiger partial charge >= 0.3 is 0 Å². The molecule has 0 aromatic carbocycles. The van der Waals surface area contributed by atoms with Crippen molar-refractivity contribution >= 4 is 21.4 Å². The maximum absolute atomic E-state index is 12.2. The molecule has 7 heteroatoms. The minimum atomic E-state index is -3.48. The molecule has 0 fully saturated rings. The molecule has 18 heavy (non-hydrogen) atoms. The van der Waals surface area contributed by atoms with Gasteiger partial charge in [-0.15, -0.1) is 0 Å². The van der Waals surface area contributed by atoms with E-state index in [2.05, 4.69) is 9.97 Å². The minimum absolute atomic E-state index is 0.150. The molecule has 0 aliphatic heterocycles. The van der Waals surface area contributed by atoms with Gasteiger partial charge in [-0.3, -0.25) is 0 Å². The second-order valence-electron chi connectivity index (χ2n) is 3.94. The van der Waals surface area contributed by atoms with E-state index in [0.717, 1.165) is 5.56 Å². The van der Waals surface area contributed by atoms with Crippen LogP contribution in [0.2, 0.25) is 0 Å². The number of aromatic amines is 1. The first kappa shape index (κ1) is 13.3. The Morgan fingerprint density at radius 2 is 2.28 bits per heavy atom. The van der Waals surface area contributed by atoms with Crippen LogP contribution in [0.15, 0.2) is 28.0 Å². The molecule has 0 atom stereocenters. The summed E-state index contributed by atoms with van der Waals surface area (Å²) >= 11 is 1.55. The van der Waals surface area contributed by atoms with Crippen molar-refractivity contribution in [3.05, 3.63) is 34.4 Å². The van der Waals surface area contributed by atoms with E-state index in [-0.39, 0.29) is 5.03 Å². The van der Waals surface area contributed by atoms with Gasteiger partial charge in [0.05, 0.1) is 6.20 Å². The van der Waals surface area contributed by atoms with Crippen molar-refractivity contribution in [1.29, 1.82) is 0 Å². The Morgan fingerprint density at radius 1 is 1.50 bits per heavy atom. The number of hydrogen-bond acceptors (Lipinski definition) is 4. The van der Waals surface area contributed by atoms with Crippen molar-refractivity contribution in [1.82, 2.24) is 14.3 Å². The molecule has 1 N–H and O–H groups in total.